The van der Waals surface area contributed by atoms with Gasteiger partial charge in [-0.05, 0) is 29.8 Å². The van der Waals surface area contributed by atoms with Gasteiger partial charge >= 0.3 is 0 Å². The first-order valence-corrected chi connectivity index (χ1v) is 5.68. The number of nitrogens with zero attached hydrogens (tertiary/aromatic N) is 1. The Labute approximate surface area is 101 Å². The number of halogens is 2. The molecule has 1 aromatic carbocycles. The van der Waals surface area contributed by atoms with E-state index < -0.39 is 0 Å². The van der Waals surface area contributed by atoms with Gasteiger partial charge in [-0.1, -0.05) is 15.9 Å². The number of hydrogen-bond acceptors (Lipinski definition) is 2. The molecule has 2 rings (SSSR count). The Bertz CT molecular complexity index is 456. The zero-order valence-corrected chi connectivity index (χ0v) is 10.1. The molecule has 0 amide bonds. The lowest BCUT2D eigenvalue weighted by Gasteiger charge is -2.05. The number of aromatic nitrogens is 2. The Balaban J connectivity index is 1.92. The van der Waals surface area contributed by atoms with Crippen LogP contribution in [0.15, 0.2) is 34.9 Å². The first kappa shape index (κ1) is 11.3. The van der Waals surface area contributed by atoms with E-state index in [1.807, 2.05) is 6.07 Å². The topological polar surface area (TPSA) is 40.7 Å². The van der Waals surface area contributed by atoms with E-state index in [2.05, 4.69) is 31.4 Å². The molecule has 84 valence electrons. The normalized spacial score (nSPS) is 10.6. The van der Waals surface area contributed by atoms with Crippen LogP contribution >= 0.6 is 15.9 Å². The van der Waals surface area contributed by atoms with E-state index in [4.69, 9.17) is 0 Å². The number of rotatable bonds is 4. The lowest BCUT2D eigenvalue weighted by atomic mass is 10.2. The molecule has 0 atom stereocenters. The van der Waals surface area contributed by atoms with Crippen molar-refractivity contribution in [3.8, 4) is 0 Å². The molecular formula is C11H11BrFN3. The van der Waals surface area contributed by atoms with Crippen LogP contribution in [0.25, 0.3) is 0 Å². The molecule has 0 aliphatic rings. The third-order valence-electron chi connectivity index (χ3n) is 2.20. The minimum absolute atomic E-state index is 0.221. The van der Waals surface area contributed by atoms with E-state index >= 15 is 0 Å². The maximum absolute atomic E-state index is 13.0. The molecule has 0 saturated heterocycles. The number of aromatic amines is 1. The van der Waals surface area contributed by atoms with Crippen molar-refractivity contribution in [1.29, 1.82) is 0 Å². The summed E-state index contributed by atoms with van der Waals surface area (Å²) >= 11 is 3.38. The summed E-state index contributed by atoms with van der Waals surface area (Å²) in [6.07, 6.45) is 1.70. The number of benzene rings is 1. The van der Waals surface area contributed by atoms with Crippen LogP contribution in [0, 0.1) is 5.82 Å². The predicted octanol–water partition coefficient (Wildman–Crippen LogP) is 2.60. The van der Waals surface area contributed by atoms with Gasteiger partial charge in [-0.25, -0.2) is 4.39 Å². The Hall–Kier alpha value is -1.20. The quantitative estimate of drug-likeness (QED) is 0.906. The second-order valence-electron chi connectivity index (χ2n) is 3.42. The van der Waals surface area contributed by atoms with Crippen molar-refractivity contribution in [2.24, 2.45) is 0 Å². The van der Waals surface area contributed by atoms with E-state index in [0.29, 0.717) is 13.1 Å². The van der Waals surface area contributed by atoms with E-state index in [1.54, 1.807) is 12.3 Å². The SMILES string of the molecule is Fc1ccc(Br)c(CNCc2ccn[nH]2)c1. The van der Waals surface area contributed by atoms with Gasteiger partial charge in [0.1, 0.15) is 5.82 Å². The number of H-pyrrole nitrogens is 1. The van der Waals surface area contributed by atoms with Gasteiger partial charge in [-0.3, -0.25) is 5.10 Å². The highest BCUT2D eigenvalue weighted by Gasteiger charge is 2.01. The summed E-state index contributed by atoms with van der Waals surface area (Å²) in [7, 11) is 0. The third kappa shape index (κ3) is 2.90. The van der Waals surface area contributed by atoms with Crippen LogP contribution in [-0.4, -0.2) is 10.2 Å². The molecule has 0 fully saturated rings. The summed E-state index contributed by atoms with van der Waals surface area (Å²) in [5.74, 6) is -0.221. The van der Waals surface area contributed by atoms with Crippen LogP contribution < -0.4 is 5.32 Å². The van der Waals surface area contributed by atoms with Gasteiger partial charge in [0.15, 0.2) is 0 Å². The molecule has 5 heteroatoms. The monoisotopic (exact) mass is 283 g/mol. The molecule has 2 N–H and O–H groups in total. The van der Waals surface area contributed by atoms with Crippen LogP contribution in [0.2, 0.25) is 0 Å². The van der Waals surface area contributed by atoms with Gasteiger partial charge in [0.2, 0.25) is 0 Å². The predicted molar refractivity (Wildman–Crippen MR) is 63.2 cm³/mol. The fourth-order valence-electron chi connectivity index (χ4n) is 1.39. The van der Waals surface area contributed by atoms with Crippen LogP contribution in [0.3, 0.4) is 0 Å². The fraction of sp³-hybridized carbons (Fsp3) is 0.182. The largest absolute Gasteiger partial charge is 0.307 e. The van der Waals surface area contributed by atoms with E-state index in [-0.39, 0.29) is 5.82 Å². The van der Waals surface area contributed by atoms with Gasteiger partial charge in [0, 0.05) is 29.5 Å². The standard InChI is InChI=1S/C11H11BrFN3/c12-11-2-1-9(13)5-8(11)6-14-7-10-3-4-15-16-10/h1-5,14H,6-7H2,(H,15,16). The third-order valence-corrected chi connectivity index (χ3v) is 2.97. The first-order chi connectivity index (χ1) is 7.75. The summed E-state index contributed by atoms with van der Waals surface area (Å²) in [6, 6.07) is 6.56. The van der Waals surface area contributed by atoms with Crippen molar-refractivity contribution in [3.05, 3.63) is 52.0 Å². The minimum Gasteiger partial charge on any atom is -0.307 e. The molecule has 1 aromatic heterocycles. The highest BCUT2D eigenvalue weighted by atomic mass is 79.9. The van der Waals surface area contributed by atoms with Crippen molar-refractivity contribution in [2.75, 3.05) is 0 Å². The summed E-state index contributed by atoms with van der Waals surface area (Å²) in [5.41, 5.74) is 1.91. The maximum atomic E-state index is 13.0. The molecule has 16 heavy (non-hydrogen) atoms. The van der Waals surface area contributed by atoms with Crippen LogP contribution in [0.5, 0.6) is 0 Å². The zero-order chi connectivity index (χ0) is 11.4. The molecule has 0 unspecified atom stereocenters. The van der Waals surface area contributed by atoms with Crippen LogP contribution in [-0.2, 0) is 13.1 Å². The van der Waals surface area contributed by atoms with Gasteiger partial charge < -0.3 is 5.32 Å². The molecule has 0 aliphatic carbocycles. The van der Waals surface area contributed by atoms with Gasteiger partial charge in [0.25, 0.3) is 0 Å². The molecule has 0 aliphatic heterocycles. The number of hydrogen-bond donors (Lipinski definition) is 2. The van der Waals surface area contributed by atoms with Gasteiger partial charge in [0.05, 0.1) is 0 Å². The van der Waals surface area contributed by atoms with E-state index in [9.17, 15) is 4.39 Å². The molecule has 2 aromatic rings. The maximum Gasteiger partial charge on any atom is 0.123 e. The summed E-state index contributed by atoms with van der Waals surface area (Å²) < 4.78 is 13.9. The molecule has 0 spiro atoms. The van der Waals surface area contributed by atoms with Crippen LogP contribution in [0.1, 0.15) is 11.3 Å². The van der Waals surface area contributed by atoms with Crippen molar-refractivity contribution >= 4 is 15.9 Å². The lowest BCUT2D eigenvalue weighted by Crippen LogP contribution is -2.13. The fourth-order valence-corrected chi connectivity index (χ4v) is 1.78. The molecule has 0 radical (unpaired) electrons. The van der Waals surface area contributed by atoms with Gasteiger partial charge in [-0.2, -0.15) is 5.10 Å². The smallest absolute Gasteiger partial charge is 0.123 e. The molecule has 0 saturated carbocycles. The van der Waals surface area contributed by atoms with Crippen molar-refractivity contribution in [3.63, 3.8) is 0 Å². The first-order valence-electron chi connectivity index (χ1n) is 4.88. The summed E-state index contributed by atoms with van der Waals surface area (Å²) in [4.78, 5) is 0. The van der Waals surface area contributed by atoms with Crippen molar-refractivity contribution < 1.29 is 4.39 Å². The molecular weight excluding hydrogens is 273 g/mol. The zero-order valence-electron chi connectivity index (χ0n) is 8.50. The Morgan fingerprint density at radius 1 is 1.31 bits per heavy atom. The Morgan fingerprint density at radius 2 is 2.19 bits per heavy atom. The van der Waals surface area contributed by atoms with E-state index in [1.165, 1.54) is 12.1 Å². The van der Waals surface area contributed by atoms with Gasteiger partial charge in [-0.15, -0.1) is 0 Å². The molecule has 1 heterocycles. The second kappa shape index (κ2) is 5.23. The highest BCUT2D eigenvalue weighted by Crippen LogP contribution is 2.17. The van der Waals surface area contributed by atoms with Crippen molar-refractivity contribution in [1.82, 2.24) is 15.5 Å². The highest BCUT2D eigenvalue weighted by molar-refractivity contribution is 9.10. The molecule has 3 nitrogen and oxygen atoms in total. The average molecular weight is 284 g/mol. The Kier molecular flexibility index (Phi) is 3.69. The second-order valence-corrected chi connectivity index (χ2v) is 4.28. The average Bonchev–Trinajstić information content (AvgIpc) is 2.76. The van der Waals surface area contributed by atoms with Crippen LogP contribution in [0.4, 0.5) is 4.39 Å². The number of nitrogens with one attached hydrogen (secondary N) is 2. The lowest BCUT2D eigenvalue weighted by molar-refractivity contribution is 0.618. The Morgan fingerprint density at radius 3 is 2.94 bits per heavy atom. The minimum atomic E-state index is -0.221. The summed E-state index contributed by atoms with van der Waals surface area (Å²) in [6.45, 7) is 1.29. The van der Waals surface area contributed by atoms with Crippen molar-refractivity contribution in [2.45, 2.75) is 13.1 Å². The van der Waals surface area contributed by atoms with E-state index in [0.717, 1.165) is 15.7 Å². The molecule has 0 bridgehead atoms. The summed E-state index contributed by atoms with van der Waals surface area (Å²) in [5, 5.41) is 9.90.